The number of fused-ring (bicyclic) bond motifs is 1. The molecule has 3 N–H and O–H groups in total. The van der Waals surface area contributed by atoms with E-state index in [1.807, 2.05) is 11.5 Å². The number of aromatic nitrogens is 2. The van der Waals surface area contributed by atoms with Crippen molar-refractivity contribution in [3.8, 4) is 0 Å². The smallest absolute Gasteiger partial charge is 0.238 e. The number of rotatable bonds is 6. The molecule has 0 radical (unpaired) electrons. The summed E-state index contributed by atoms with van der Waals surface area (Å²) in [5, 5.41) is 7.33. The molecule has 0 aliphatic rings. The van der Waals surface area contributed by atoms with Crippen molar-refractivity contribution in [1.82, 2.24) is 9.55 Å². The molecule has 1 unspecified atom stereocenters. The highest BCUT2D eigenvalue weighted by molar-refractivity contribution is 8.00. The molecule has 1 heterocycles. The average molecular weight is 440 g/mol. The fraction of sp³-hybridized carbons (Fsp3) is 0.222. The molecule has 11 heteroatoms. The highest BCUT2D eigenvalue weighted by atomic mass is 32.2. The van der Waals surface area contributed by atoms with Crippen LogP contribution in [0.3, 0.4) is 0 Å². The van der Waals surface area contributed by atoms with Crippen LogP contribution in [0.15, 0.2) is 46.5 Å². The van der Waals surface area contributed by atoms with Crippen LogP contribution < -0.4 is 10.5 Å². The van der Waals surface area contributed by atoms with Gasteiger partial charge in [0, 0.05) is 12.6 Å². The number of hydrogen-bond acceptors (Lipinski definition) is 5. The molecule has 0 aliphatic heterocycles. The van der Waals surface area contributed by atoms with Crippen LogP contribution >= 0.6 is 11.8 Å². The number of hydrogen-bond donors (Lipinski definition) is 2. The number of nitrogens with two attached hydrogens (primary N) is 1. The SMILES string of the molecule is CCn1c(SC(C)C(=O)Nc2cc(F)ccc2F)nc2cc(S(N)(=O)=O)ccc21. The van der Waals surface area contributed by atoms with Crippen LogP contribution in [0, 0.1) is 11.6 Å². The Morgan fingerprint density at radius 3 is 2.66 bits per heavy atom. The number of imidazole rings is 1. The quantitative estimate of drug-likeness (QED) is 0.573. The maximum absolute atomic E-state index is 13.7. The lowest BCUT2D eigenvalue weighted by Gasteiger charge is -2.13. The van der Waals surface area contributed by atoms with Gasteiger partial charge >= 0.3 is 0 Å². The summed E-state index contributed by atoms with van der Waals surface area (Å²) in [6.07, 6.45) is 0. The summed E-state index contributed by atoms with van der Waals surface area (Å²) < 4.78 is 52.0. The van der Waals surface area contributed by atoms with Crippen molar-refractivity contribution in [3.05, 3.63) is 48.0 Å². The van der Waals surface area contributed by atoms with E-state index < -0.39 is 32.8 Å². The second kappa shape index (κ2) is 8.09. The lowest BCUT2D eigenvalue weighted by Crippen LogP contribution is -2.23. The van der Waals surface area contributed by atoms with Gasteiger partial charge in [0.15, 0.2) is 5.16 Å². The van der Waals surface area contributed by atoms with E-state index in [9.17, 15) is 22.0 Å². The Bertz CT molecular complexity index is 1200. The predicted octanol–water partition coefficient (Wildman–Crippen LogP) is 3.10. The molecule has 0 fully saturated rings. The molecule has 1 atom stereocenters. The summed E-state index contributed by atoms with van der Waals surface area (Å²) in [5.74, 6) is -1.94. The van der Waals surface area contributed by atoms with Crippen molar-refractivity contribution in [2.45, 2.75) is 35.7 Å². The molecule has 3 aromatic rings. The van der Waals surface area contributed by atoms with Crippen molar-refractivity contribution >= 4 is 44.4 Å². The summed E-state index contributed by atoms with van der Waals surface area (Å²) in [7, 11) is -3.87. The normalized spacial score (nSPS) is 12.9. The Morgan fingerprint density at radius 2 is 2.00 bits per heavy atom. The van der Waals surface area contributed by atoms with E-state index in [0.717, 1.165) is 30.0 Å². The number of nitrogens with zero attached hydrogens (tertiary/aromatic N) is 2. The molecular formula is C18H18F2N4O3S2. The Balaban J connectivity index is 1.86. The van der Waals surface area contributed by atoms with Crippen molar-refractivity contribution < 1.29 is 22.0 Å². The number of nitrogens with one attached hydrogen (secondary N) is 1. The maximum Gasteiger partial charge on any atom is 0.238 e. The first-order valence-corrected chi connectivity index (χ1v) is 11.0. The van der Waals surface area contributed by atoms with Gasteiger partial charge in [0.2, 0.25) is 15.9 Å². The standard InChI is InChI=1S/C18H18F2N4O3S2/c1-3-24-16-7-5-12(29(21,26)27)9-15(16)23-18(24)28-10(2)17(25)22-14-8-11(19)4-6-13(14)20/h4-10H,3H2,1-2H3,(H,22,25)(H2,21,26,27). The van der Waals surface area contributed by atoms with Gasteiger partial charge < -0.3 is 9.88 Å². The molecule has 1 aromatic heterocycles. The summed E-state index contributed by atoms with van der Waals surface area (Å²) in [5.41, 5.74) is 0.861. The zero-order valence-electron chi connectivity index (χ0n) is 15.5. The Labute approximate surface area is 170 Å². The molecule has 29 heavy (non-hydrogen) atoms. The number of aryl methyl sites for hydroxylation is 1. The highest BCUT2D eigenvalue weighted by Crippen LogP contribution is 2.29. The van der Waals surface area contributed by atoms with E-state index in [2.05, 4.69) is 10.3 Å². The molecule has 0 spiro atoms. The van der Waals surface area contributed by atoms with Gasteiger partial charge in [-0.3, -0.25) is 4.79 Å². The molecule has 1 amide bonds. The molecule has 0 saturated heterocycles. The Morgan fingerprint density at radius 1 is 1.28 bits per heavy atom. The number of sulfonamides is 1. The number of halogens is 2. The van der Waals surface area contributed by atoms with Crippen molar-refractivity contribution in [2.75, 3.05) is 5.32 Å². The predicted molar refractivity (Wildman–Crippen MR) is 107 cm³/mol. The topological polar surface area (TPSA) is 107 Å². The van der Waals surface area contributed by atoms with Gasteiger partial charge in [0.1, 0.15) is 11.6 Å². The number of carbonyl (C=O) groups is 1. The van der Waals surface area contributed by atoms with Crippen LogP contribution in [0.2, 0.25) is 0 Å². The zero-order chi connectivity index (χ0) is 21.3. The summed E-state index contributed by atoms with van der Waals surface area (Å²) >= 11 is 1.11. The fourth-order valence-electron chi connectivity index (χ4n) is 2.70. The number of carbonyl (C=O) groups excluding carboxylic acids is 1. The highest BCUT2D eigenvalue weighted by Gasteiger charge is 2.21. The Hall–Kier alpha value is -2.50. The minimum Gasteiger partial charge on any atom is -0.323 e. The van der Waals surface area contributed by atoms with Gasteiger partial charge in [0.05, 0.1) is 26.9 Å². The van der Waals surface area contributed by atoms with Gasteiger partial charge in [-0.1, -0.05) is 11.8 Å². The average Bonchev–Trinajstić information content (AvgIpc) is 2.99. The maximum atomic E-state index is 13.7. The van der Waals surface area contributed by atoms with Crippen molar-refractivity contribution in [2.24, 2.45) is 5.14 Å². The van der Waals surface area contributed by atoms with Gasteiger partial charge in [-0.05, 0) is 44.2 Å². The molecule has 0 saturated carbocycles. The number of amides is 1. The lowest BCUT2D eigenvalue weighted by molar-refractivity contribution is -0.115. The molecule has 2 aromatic carbocycles. The van der Waals surface area contributed by atoms with Crippen LogP contribution in [0.4, 0.5) is 14.5 Å². The van der Waals surface area contributed by atoms with Crippen LogP contribution in [0.1, 0.15) is 13.8 Å². The van der Waals surface area contributed by atoms with E-state index in [-0.39, 0.29) is 10.6 Å². The van der Waals surface area contributed by atoms with Gasteiger partial charge in [-0.25, -0.2) is 27.3 Å². The number of benzene rings is 2. The van der Waals surface area contributed by atoms with Crippen molar-refractivity contribution in [1.29, 1.82) is 0 Å². The molecular weight excluding hydrogens is 422 g/mol. The third kappa shape index (κ3) is 4.57. The lowest BCUT2D eigenvalue weighted by atomic mass is 10.3. The molecule has 7 nitrogen and oxygen atoms in total. The van der Waals surface area contributed by atoms with Crippen molar-refractivity contribution in [3.63, 3.8) is 0 Å². The number of primary sulfonamides is 1. The summed E-state index contributed by atoms with van der Waals surface area (Å²) in [4.78, 5) is 16.8. The minimum atomic E-state index is -3.87. The molecule has 0 bridgehead atoms. The largest absolute Gasteiger partial charge is 0.323 e. The first-order chi connectivity index (χ1) is 13.6. The minimum absolute atomic E-state index is 0.0605. The van der Waals surface area contributed by atoms with Crippen LogP contribution in [0.25, 0.3) is 11.0 Å². The van der Waals surface area contributed by atoms with Gasteiger partial charge in [0.25, 0.3) is 0 Å². The number of thioether (sulfide) groups is 1. The second-order valence-electron chi connectivity index (χ2n) is 6.21. The zero-order valence-corrected chi connectivity index (χ0v) is 17.2. The molecule has 3 rings (SSSR count). The first kappa shape index (κ1) is 21.2. The van der Waals surface area contributed by atoms with E-state index in [4.69, 9.17) is 5.14 Å². The molecule has 154 valence electrons. The number of anilines is 1. The van der Waals surface area contributed by atoms with E-state index in [1.54, 1.807) is 13.0 Å². The third-order valence-electron chi connectivity index (χ3n) is 4.17. The van der Waals surface area contributed by atoms with Gasteiger partial charge in [-0.15, -0.1) is 0 Å². The van der Waals surface area contributed by atoms with E-state index in [1.165, 1.54) is 12.1 Å². The van der Waals surface area contributed by atoms with Crippen LogP contribution in [0.5, 0.6) is 0 Å². The summed E-state index contributed by atoms with van der Waals surface area (Å²) in [6.45, 7) is 4.01. The second-order valence-corrected chi connectivity index (χ2v) is 9.08. The van der Waals surface area contributed by atoms with E-state index in [0.29, 0.717) is 22.7 Å². The monoisotopic (exact) mass is 440 g/mol. The summed E-state index contributed by atoms with van der Waals surface area (Å²) in [6, 6.07) is 7.16. The first-order valence-electron chi connectivity index (χ1n) is 8.55. The van der Waals surface area contributed by atoms with Gasteiger partial charge in [-0.2, -0.15) is 0 Å². The fourth-order valence-corrected chi connectivity index (χ4v) is 4.22. The van der Waals surface area contributed by atoms with Crippen LogP contribution in [-0.2, 0) is 21.4 Å². The molecule has 0 aliphatic carbocycles. The third-order valence-corrected chi connectivity index (χ3v) is 6.17. The Kier molecular flexibility index (Phi) is 5.92. The van der Waals surface area contributed by atoms with Crippen LogP contribution in [-0.4, -0.2) is 29.1 Å². The van der Waals surface area contributed by atoms with E-state index >= 15 is 0 Å².